The lowest BCUT2D eigenvalue weighted by atomic mass is 10.0. The van der Waals surface area contributed by atoms with Crippen LogP contribution in [0.4, 0.5) is 5.69 Å². The number of hydrogen-bond donors (Lipinski definition) is 2. The van der Waals surface area contributed by atoms with E-state index in [9.17, 15) is 9.59 Å². The molecule has 3 rings (SSSR count). The molecule has 0 aliphatic rings. The molecular formula is C18H20N4O4S. The van der Waals surface area contributed by atoms with Gasteiger partial charge < -0.3 is 19.6 Å². The summed E-state index contributed by atoms with van der Waals surface area (Å²) in [5, 5.41) is 9.49. The van der Waals surface area contributed by atoms with Crippen LogP contribution < -0.4 is 10.6 Å². The summed E-state index contributed by atoms with van der Waals surface area (Å²) in [5.41, 5.74) is 0.653. The van der Waals surface area contributed by atoms with Gasteiger partial charge in [0.2, 0.25) is 17.6 Å². The van der Waals surface area contributed by atoms with Crippen molar-refractivity contribution >= 4 is 28.8 Å². The zero-order chi connectivity index (χ0) is 19.6. The van der Waals surface area contributed by atoms with Crippen molar-refractivity contribution in [2.24, 2.45) is 5.92 Å². The number of carbonyl (C=O) groups is 2. The molecule has 2 amide bonds. The number of hydrogen-bond acceptors (Lipinski definition) is 7. The molecule has 3 aromatic rings. The smallest absolute Gasteiger partial charge is 0.287 e. The molecular weight excluding hydrogens is 368 g/mol. The molecule has 0 fully saturated rings. The highest BCUT2D eigenvalue weighted by Crippen LogP contribution is 2.32. The molecule has 0 aliphatic heterocycles. The molecule has 0 bridgehead atoms. The van der Waals surface area contributed by atoms with Gasteiger partial charge >= 0.3 is 0 Å². The predicted octanol–water partition coefficient (Wildman–Crippen LogP) is 3.40. The van der Waals surface area contributed by atoms with E-state index >= 15 is 0 Å². The Labute approximate surface area is 160 Å². The van der Waals surface area contributed by atoms with Crippen molar-refractivity contribution in [3.8, 4) is 10.7 Å². The first kappa shape index (κ1) is 18.8. The van der Waals surface area contributed by atoms with E-state index in [1.807, 2.05) is 20.8 Å². The molecule has 3 heterocycles. The highest BCUT2D eigenvalue weighted by Gasteiger charge is 2.26. The van der Waals surface area contributed by atoms with Crippen molar-refractivity contribution in [3.63, 3.8) is 0 Å². The number of nitrogens with zero attached hydrogens (tertiary/aromatic N) is 2. The molecule has 8 nitrogen and oxygen atoms in total. The highest BCUT2D eigenvalue weighted by molar-refractivity contribution is 7.16. The second-order valence-electron chi connectivity index (χ2n) is 6.38. The minimum absolute atomic E-state index is 0.109. The summed E-state index contributed by atoms with van der Waals surface area (Å²) in [4.78, 5) is 30.9. The lowest BCUT2D eigenvalue weighted by Gasteiger charge is -2.21. The minimum Gasteiger partial charge on any atom is -0.459 e. The summed E-state index contributed by atoms with van der Waals surface area (Å²) in [7, 11) is 0. The average Bonchev–Trinajstić information content (AvgIpc) is 3.34. The van der Waals surface area contributed by atoms with Crippen LogP contribution in [0.15, 0.2) is 33.4 Å². The van der Waals surface area contributed by atoms with Crippen molar-refractivity contribution < 1.29 is 18.5 Å². The van der Waals surface area contributed by atoms with Crippen molar-refractivity contribution in [1.82, 2.24) is 15.5 Å². The quantitative estimate of drug-likeness (QED) is 0.670. The van der Waals surface area contributed by atoms with Gasteiger partial charge in [-0.05, 0) is 31.0 Å². The molecule has 1 atom stereocenters. The Kier molecular flexibility index (Phi) is 5.41. The van der Waals surface area contributed by atoms with Crippen LogP contribution in [0.2, 0.25) is 0 Å². The molecule has 0 aromatic carbocycles. The zero-order valence-electron chi connectivity index (χ0n) is 15.4. The normalized spacial score (nSPS) is 12.2. The van der Waals surface area contributed by atoms with Gasteiger partial charge in [0.25, 0.3) is 5.91 Å². The number of aryl methyl sites for hydroxylation is 2. The van der Waals surface area contributed by atoms with Crippen LogP contribution in [0.3, 0.4) is 0 Å². The summed E-state index contributed by atoms with van der Waals surface area (Å²) in [6.45, 7) is 7.33. The third-order valence-corrected chi connectivity index (χ3v) is 4.95. The Morgan fingerprint density at radius 1 is 1.26 bits per heavy atom. The van der Waals surface area contributed by atoms with Gasteiger partial charge in [-0.15, -0.1) is 11.3 Å². The van der Waals surface area contributed by atoms with E-state index in [2.05, 4.69) is 20.8 Å². The molecule has 0 spiro atoms. The van der Waals surface area contributed by atoms with E-state index in [4.69, 9.17) is 8.94 Å². The fourth-order valence-electron chi connectivity index (χ4n) is 2.48. The number of rotatable bonds is 6. The van der Waals surface area contributed by atoms with Gasteiger partial charge in [-0.25, -0.2) is 0 Å². The first-order valence-corrected chi connectivity index (χ1v) is 9.23. The predicted molar refractivity (Wildman–Crippen MR) is 101 cm³/mol. The van der Waals surface area contributed by atoms with E-state index in [1.54, 1.807) is 25.1 Å². The van der Waals surface area contributed by atoms with Crippen molar-refractivity contribution in [2.75, 3.05) is 5.32 Å². The number of amides is 2. The van der Waals surface area contributed by atoms with Crippen LogP contribution >= 0.6 is 11.3 Å². The average molecular weight is 388 g/mol. The maximum Gasteiger partial charge on any atom is 0.287 e. The standard InChI is InChI=1S/C18H20N4O4S/c1-9(2)15(21-17(23)13-6-5-7-25-13)18(24)20-12-8-14(27-10(12)3)16-19-11(4)26-22-16/h5-9,15H,1-4H3,(H,20,24)(H,21,23). The molecule has 0 aliphatic carbocycles. The largest absolute Gasteiger partial charge is 0.459 e. The first-order chi connectivity index (χ1) is 12.8. The van der Waals surface area contributed by atoms with Gasteiger partial charge in [-0.3, -0.25) is 9.59 Å². The van der Waals surface area contributed by atoms with Crippen LogP contribution in [-0.2, 0) is 4.79 Å². The second-order valence-corrected chi connectivity index (χ2v) is 7.64. The zero-order valence-corrected chi connectivity index (χ0v) is 16.2. The fraction of sp³-hybridized carbons (Fsp3) is 0.333. The summed E-state index contributed by atoms with van der Waals surface area (Å²) in [6, 6.07) is 4.26. The highest BCUT2D eigenvalue weighted by atomic mass is 32.1. The van der Waals surface area contributed by atoms with E-state index in [0.29, 0.717) is 17.4 Å². The maximum absolute atomic E-state index is 12.8. The molecule has 0 radical (unpaired) electrons. The van der Waals surface area contributed by atoms with Crippen LogP contribution in [0.1, 0.15) is 35.2 Å². The summed E-state index contributed by atoms with van der Waals surface area (Å²) < 4.78 is 10.1. The summed E-state index contributed by atoms with van der Waals surface area (Å²) in [5.74, 6) is 0.271. The Balaban J connectivity index is 1.74. The summed E-state index contributed by atoms with van der Waals surface area (Å²) >= 11 is 1.45. The lowest BCUT2D eigenvalue weighted by Crippen LogP contribution is -2.47. The Morgan fingerprint density at radius 3 is 2.63 bits per heavy atom. The van der Waals surface area contributed by atoms with Crippen LogP contribution in [0, 0.1) is 19.8 Å². The third-order valence-electron chi connectivity index (χ3n) is 3.90. The number of anilines is 1. The van der Waals surface area contributed by atoms with Gasteiger partial charge in [0.1, 0.15) is 6.04 Å². The number of nitrogens with one attached hydrogen (secondary N) is 2. The third kappa shape index (κ3) is 4.25. The van der Waals surface area contributed by atoms with E-state index < -0.39 is 11.9 Å². The molecule has 2 N–H and O–H groups in total. The number of thiophene rings is 1. The molecule has 3 aromatic heterocycles. The Morgan fingerprint density at radius 2 is 2.04 bits per heavy atom. The lowest BCUT2D eigenvalue weighted by molar-refractivity contribution is -0.118. The van der Waals surface area contributed by atoms with E-state index in [0.717, 1.165) is 9.75 Å². The second kappa shape index (κ2) is 7.75. The topological polar surface area (TPSA) is 110 Å². The van der Waals surface area contributed by atoms with Gasteiger partial charge in [0.15, 0.2) is 5.76 Å². The van der Waals surface area contributed by atoms with Crippen LogP contribution in [-0.4, -0.2) is 28.0 Å². The van der Waals surface area contributed by atoms with Crippen molar-refractivity contribution in [1.29, 1.82) is 0 Å². The Hall–Kier alpha value is -2.94. The van der Waals surface area contributed by atoms with E-state index in [1.165, 1.54) is 17.6 Å². The van der Waals surface area contributed by atoms with Crippen molar-refractivity contribution in [2.45, 2.75) is 33.7 Å². The number of aromatic nitrogens is 2. The van der Waals surface area contributed by atoms with Gasteiger partial charge in [0, 0.05) is 11.8 Å². The molecule has 1 unspecified atom stereocenters. The molecule has 9 heteroatoms. The van der Waals surface area contributed by atoms with Gasteiger partial charge in [-0.2, -0.15) is 4.98 Å². The molecule has 0 saturated carbocycles. The van der Waals surface area contributed by atoms with Gasteiger partial charge in [0.05, 0.1) is 16.8 Å². The SMILES string of the molecule is Cc1nc(-c2cc(NC(=O)C(NC(=O)c3ccco3)C(C)C)c(C)s2)no1. The van der Waals surface area contributed by atoms with Crippen LogP contribution in [0.25, 0.3) is 10.7 Å². The minimum atomic E-state index is -0.710. The van der Waals surface area contributed by atoms with Gasteiger partial charge in [-0.1, -0.05) is 19.0 Å². The van der Waals surface area contributed by atoms with E-state index in [-0.39, 0.29) is 17.6 Å². The fourth-order valence-corrected chi connectivity index (χ4v) is 3.38. The number of furan rings is 1. The Bertz CT molecular complexity index is 943. The maximum atomic E-state index is 12.8. The number of carbonyl (C=O) groups excluding carboxylic acids is 2. The monoisotopic (exact) mass is 388 g/mol. The van der Waals surface area contributed by atoms with Crippen molar-refractivity contribution in [3.05, 3.63) is 41.0 Å². The molecule has 142 valence electrons. The van der Waals surface area contributed by atoms with Crippen LogP contribution in [0.5, 0.6) is 0 Å². The first-order valence-electron chi connectivity index (χ1n) is 8.41. The summed E-state index contributed by atoms with van der Waals surface area (Å²) in [6.07, 6.45) is 1.41. The molecule has 27 heavy (non-hydrogen) atoms. The molecule has 0 saturated heterocycles.